The molecule has 0 aromatic heterocycles. The van der Waals surface area contributed by atoms with E-state index in [9.17, 15) is 4.79 Å². The van der Waals surface area contributed by atoms with Crippen molar-refractivity contribution < 1.29 is 4.79 Å². The van der Waals surface area contributed by atoms with E-state index in [0.717, 1.165) is 18.5 Å². The van der Waals surface area contributed by atoms with Gasteiger partial charge in [-0.3, -0.25) is 4.79 Å². The molecule has 0 aliphatic heterocycles. The third kappa shape index (κ3) is 3.55. The van der Waals surface area contributed by atoms with Crippen molar-refractivity contribution in [1.82, 2.24) is 4.90 Å². The predicted molar refractivity (Wildman–Crippen MR) is 73.2 cm³/mol. The standard InChI is InChI=1S/C14H19NO.ClH/c1-15(2)9-8-14(16)13-7-6-11-4-3-5-12(11)10-13;/h6-7,10H,3-5,8-9H2,1-2H3;1H. The highest BCUT2D eigenvalue weighted by molar-refractivity contribution is 5.96. The van der Waals surface area contributed by atoms with Crippen molar-refractivity contribution >= 4 is 18.2 Å². The van der Waals surface area contributed by atoms with Crippen LogP contribution in [0.3, 0.4) is 0 Å². The first-order valence-electron chi connectivity index (χ1n) is 5.96. The number of rotatable bonds is 4. The Morgan fingerprint density at radius 2 is 1.94 bits per heavy atom. The van der Waals surface area contributed by atoms with Crippen LogP contribution >= 0.6 is 12.4 Å². The first-order chi connectivity index (χ1) is 7.66. The van der Waals surface area contributed by atoms with E-state index in [0.29, 0.717) is 6.42 Å². The SMILES string of the molecule is CN(C)CCC(=O)c1ccc2c(c1)CCC2.Cl. The number of aryl methyl sites for hydroxylation is 2. The van der Waals surface area contributed by atoms with E-state index in [1.165, 1.54) is 24.0 Å². The Labute approximate surface area is 109 Å². The number of carbonyl (C=O) groups is 1. The smallest absolute Gasteiger partial charge is 0.164 e. The second-order valence-corrected chi connectivity index (χ2v) is 4.81. The third-order valence-corrected chi connectivity index (χ3v) is 3.21. The molecule has 0 saturated heterocycles. The zero-order valence-electron chi connectivity index (χ0n) is 10.5. The summed E-state index contributed by atoms with van der Waals surface area (Å²) in [5.74, 6) is 0.267. The summed E-state index contributed by atoms with van der Waals surface area (Å²) in [5, 5.41) is 0. The Hall–Kier alpha value is -0.860. The molecule has 1 aliphatic carbocycles. The average molecular weight is 254 g/mol. The van der Waals surface area contributed by atoms with Gasteiger partial charge in [-0.25, -0.2) is 0 Å². The Morgan fingerprint density at radius 1 is 1.24 bits per heavy atom. The molecule has 2 nitrogen and oxygen atoms in total. The van der Waals surface area contributed by atoms with Gasteiger partial charge in [-0.2, -0.15) is 0 Å². The number of hydrogen-bond donors (Lipinski definition) is 0. The molecule has 17 heavy (non-hydrogen) atoms. The van der Waals surface area contributed by atoms with Gasteiger partial charge in [0.05, 0.1) is 0 Å². The fraction of sp³-hybridized carbons (Fsp3) is 0.500. The molecule has 0 bridgehead atoms. The highest BCUT2D eigenvalue weighted by Crippen LogP contribution is 2.23. The number of Topliss-reactive ketones (excluding diaryl/α,β-unsaturated/α-hetero) is 1. The summed E-state index contributed by atoms with van der Waals surface area (Å²) in [5.41, 5.74) is 3.71. The molecule has 0 radical (unpaired) electrons. The van der Waals surface area contributed by atoms with Crippen molar-refractivity contribution in [3.05, 3.63) is 34.9 Å². The average Bonchev–Trinajstić information content (AvgIpc) is 2.72. The Balaban J connectivity index is 0.00000144. The molecule has 0 spiro atoms. The van der Waals surface area contributed by atoms with E-state index < -0.39 is 0 Å². The van der Waals surface area contributed by atoms with Crippen LogP contribution < -0.4 is 0 Å². The molecule has 0 heterocycles. The van der Waals surface area contributed by atoms with Crippen LogP contribution in [0.2, 0.25) is 0 Å². The summed E-state index contributed by atoms with van der Waals surface area (Å²) >= 11 is 0. The molecule has 0 amide bonds. The highest BCUT2D eigenvalue weighted by atomic mass is 35.5. The van der Waals surface area contributed by atoms with E-state index in [4.69, 9.17) is 0 Å². The molecule has 94 valence electrons. The van der Waals surface area contributed by atoms with E-state index in [-0.39, 0.29) is 18.2 Å². The molecule has 0 unspecified atom stereocenters. The van der Waals surface area contributed by atoms with Gasteiger partial charge < -0.3 is 4.90 Å². The van der Waals surface area contributed by atoms with Crippen LogP contribution in [0.1, 0.15) is 34.3 Å². The van der Waals surface area contributed by atoms with Crippen LogP contribution in [0.25, 0.3) is 0 Å². The molecular weight excluding hydrogens is 234 g/mol. The lowest BCUT2D eigenvalue weighted by atomic mass is 10.0. The zero-order valence-corrected chi connectivity index (χ0v) is 11.3. The lowest BCUT2D eigenvalue weighted by Crippen LogP contribution is -2.16. The minimum Gasteiger partial charge on any atom is -0.309 e. The van der Waals surface area contributed by atoms with E-state index >= 15 is 0 Å². The maximum atomic E-state index is 11.9. The molecule has 0 N–H and O–H groups in total. The molecule has 1 aromatic carbocycles. The van der Waals surface area contributed by atoms with Gasteiger partial charge in [0.1, 0.15) is 0 Å². The van der Waals surface area contributed by atoms with Crippen LogP contribution in [0.4, 0.5) is 0 Å². The van der Waals surface area contributed by atoms with Gasteiger partial charge in [0.25, 0.3) is 0 Å². The van der Waals surface area contributed by atoms with Crippen molar-refractivity contribution in [2.45, 2.75) is 25.7 Å². The van der Waals surface area contributed by atoms with Gasteiger partial charge >= 0.3 is 0 Å². The van der Waals surface area contributed by atoms with E-state index in [1.807, 2.05) is 25.1 Å². The lowest BCUT2D eigenvalue weighted by molar-refractivity contribution is 0.0972. The Kier molecular flexibility index (Phi) is 5.16. The number of fused-ring (bicyclic) bond motifs is 1. The minimum atomic E-state index is 0. The van der Waals surface area contributed by atoms with E-state index in [2.05, 4.69) is 12.1 Å². The summed E-state index contributed by atoms with van der Waals surface area (Å²) in [6.07, 6.45) is 4.18. The summed E-state index contributed by atoms with van der Waals surface area (Å²) < 4.78 is 0. The number of nitrogens with zero attached hydrogens (tertiary/aromatic N) is 1. The Morgan fingerprint density at radius 3 is 2.65 bits per heavy atom. The number of benzene rings is 1. The van der Waals surface area contributed by atoms with Gasteiger partial charge in [0.2, 0.25) is 0 Å². The largest absolute Gasteiger partial charge is 0.309 e. The first kappa shape index (κ1) is 14.2. The van der Waals surface area contributed by atoms with Gasteiger partial charge in [0.15, 0.2) is 5.78 Å². The highest BCUT2D eigenvalue weighted by Gasteiger charge is 2.13. The molecule has 1 aliphatic rings. The second kappa shape index (κ2) is 6.18. The predicted octanol–water partition coefficient (Wildman–Crippen LogP) is 2.73. The van der Waals surface area contributed by atoms with Crippen LogP contribution in [-0.4, -0.2) is 31.3 Å². The number of ketones is 1. The van der Waals surface area contributed by atoms with Gasteiger partial charge in [0, 0.05) is 18.5 Å². The quantitative estimate of drug-likeness (QED) is 0.769. The number of halogens is 1. The number of carbonyl (C=O) groups excluding carboxylic acids is 1. The summed E-state index contributed by atoms with van der Waals surface area (Å²) in [7, 11) is 3.99. The summed E-state index contributed by atoms with van der Waals surface area (Å²) in [4.78, 5) is 14.0. The number of hydrogen-bond acceptors (Lipinski definition) is 2. The molecule has 0 fully saturated rings. The van der Waals surface area contributed by atoms with E-state index in [1.54, 1.807) is 0 Å². The molecule has 1 aromatic rings. The van der Waals surface area contributed by atoms with Gasteiger partial charge in [-0.1, -0.05) is 12.1 Å². The monoisotopic (exact) mass is 253 g/mol. The van der Waals surface area contributed by atoms with Crippen molar-refractivity contribution in [1.29, 1.82) is 0 Å². The topological polar surface area (TPSA) is 20.3 Å². The lowest BCUT2D eigenvalue weighted by Gasteiger charge is -2.09. The van der Waals surface area contributed by atoms with Crippen LogP contribution in [0.5, 0.6) is 0 Å². The van der Waals surface area contributed by atoms with Crippen molar-refractivity contribution in [3.63, 3.8) is 0 Å². The second-order valence-electron chi connectivity index (χ2n) is 4.81. The molecule has 3 heteroatoms. The summed E-state index contributed by atoms with van der Waals surface area (Å²) in [6, 6.07) is 6.22. The zero-order chi connectivity index (χ0) is 11.5. The maximum Gasteiger partial charge on any atom is 0.164 e. The molecule has 2 rings (SSSR count). The third-order valence-electron chi connectivity index (χ3n) is 3.21. The van der Waals surface area contributed by atoms with Crippen molar-refractivity contribution in [2.24, 2.45) is 0 Å². The minimum absolute atomic E-state index is 0. The maximum absolute atomic E-state index is 11.9. The first-order valence-corrected chi connectivity index (χ1v) is 5.96. The van der Waals surface area contributed by atoms with Crippen molar-refractivity contribution in [2.75, 3.05) is 20.6 Å². The van der Waals surface area contributed by atoms with Crippen LogP contribution in [-0.2, 0) is 12.8 Å². The van der Waals surface area contributed by atoms with Crippen LogP contribution in [0.15, 0.2) is 18.2 Å². The molecule has 0 atom stereocenters. The van der Waals surface area contributed by atoms with Crippen molar-refractivity contribution in [3.8, 4) is 0 Å². The fourth-order valence-corrected chi connectivity index (χ4v) is 2.21. The van der Waals surface area contributed by atoms with Gasteiger partial charge in [-0.15, -0.1) is 12.4 Å². The molecule has 0 saturated carbocycles. The molecular formula is C14H20ClNO. The van der Waals surface area contributed by atoms with Crippen LogP contribution in [0, 0.1) is 0 Å². The van der Waals surface area contributed by atoms with Gasteiger partial charge in [-0.05, 0) is 50.6 Å². The Bertz CT molecular complexity index is 401. The fourth-order valence-electron chi connectivity index (χ4n) is 2.21. The summed E-state index contributed by atoms with van der Waals surface area (Å²) in [6.45, 7) is 0.829. The normalized spacial score (nSPS) is 13.4.